The molecular formula is C29H43ClN2O5. The molecule has 1 aromatic heterocycles. The van der Waals surface area contributed by atoms with Crippen LogP contribution in [0.4, 0.5) is 4.79 Å². The fourth-order valence-electron chi connectivity index (χ4n) is 4.94. The van der Waals surface area contributed by atoms with E-state index in [1.165, 1.54) is 0 Å². The molecule has 1 amide bonds. The average molecular weight is 535 g/mol. The summed E-state index contributed by atoms with van der Waals surface area (Å²) in [4.78, 5) is 17.0. The average Bonchev–Trinajstić information content (AvgIpc) is 2.81. The number of benzene rings is 1. The van der Waals surface area contributed by atoms with E-state index in [4.69, 9.17) is 25.8 Å². The number of hydrogen-bond donors (Lipinski definition) is 2. The first-order chi connectivity index (χ1) is 17.6. The number of aromatic nitrogens is 1. The van der Waals surface area contributed by atoms with Crippen molar-refractivity contribution in [1.29, 1.82) is 0 Å². The predicted octanol–water partition coefficient (Wildman–Crippen LogP) is 7.20. The number of alkyl carbamates (subject to hydrolysis) is 1. The number of aliphatic hydroxyl groups is 1. The summed E-state index contributed by atoms with van der Waals surface area (Å²) in [5, 5.41) is 15.0. The van der Waals surface area contributed by atoms with E-state index in [0.717, 1.165) is 68.6 Å². The number of carbonyl (C=O) groups excluding carboxylic acids is 1. The molecule has 0 radical (unpaired) electrons. The number of amides is 1. The summed E-state index contributed by atoms with van der Waals surface area (Å²) in [6.07, 6.45) is 9.89. The first-order valence-electron chi connectivity index (χ1n) is 13.6. The van der Waals surface area contributed by atoms with Crippen molar-refractivity contribution < 1.29 is 24.1 Å². The van der Waals surface area contributed by atoms with Crippen molar-refractivity contribution in [3.05, 3.63) is 29.4 Å². The first kappa shape index (κ1) is 29.3. The Kier molecular flexibility index (Phi) is 10.7. The second-order valence-electron chi connectivity index (χ2n) is 11.1. The van der Waals surface area contributed by atoms with Gasteiger partial charge in [0.2, 0.25) is 5.88 Å². The topological polar surface area (TPSA) is 89.9 Å². The third-order valence-electron chi connectivity index (χ3n) is 6.75. The van der Waals surface area contributed by atoms with E-state index in [1.807, 2.05) is 39.0 Å². The number of carbonyl (C=O) groups is 1. The summed E-state index contributed by atoms with van der Waals surface area (Å²) in [5.41, 5.74) is -0.932. The smallest absolute Gasteiger partial charge is 0.408 e. The van der Waals surface area contributed by atoms with Crippen molar-refractivity contribution >= 4 is 28.5 Å². The van der Waals surface area contributed by atoms with Gasteiger partial charge in [-0.1, -0.05) is 24.9 Å². The third kappa shape index (κ3) is 8.92. The van der Waals surface area contributed by atoms with Crippen LogP contribution in [0.5, 0.6) is 11.6 Å². The molecule has 3 rings (SSSR count). The summed E-state index contributed by atoms with van der Waals surface area (Å²) >= 11 is 6.65. The molecule has 0 bridgehead atoms. The van der Waals surface area contributed by atoms with E-state index in [-0.39, 0.29) is 18.2 Å². The van der Waals surface area contributed by atoms with Gasteiger partial charge in [0.25, 0.3) is 0 Å². The number of aliphatic hydroxyl groups excluding tert-OH is 1. The second-order valence-corrected chi connectivity index (χ2v) is 11.5. The van der Waals surface area contributed by atoms with Gasteiger partial charge in [-0.3, -0.25) is 0 Å². The first-order valence-corrected chi connectivity index (χ1v) is 14.0. The third-order valence-corrected chi connectivity index (χ3v) is 7.05. The molecule has 7 nitrogen and oxygen atoms in total. The van der Waals surface area contributed by atoms with E-state index >= 15 is 0 Å². The van der Waals surface area contributed by atoms with Gasteiger partial charge in [0.15, 0.2) is 0 Å². The quantitative estimate of drug-likeness (QED) is 0.313. The van der Waals surface area contributed by atoms with E-state index < -0.39 is 11.7 Å². The molecule has 0 spiro atoms. The molecular weight excluding hydrogens is 492 g/mol. The monoisotopic (exact) mass is 534 g/mol. The minimum atomic E-state index is -0.555. The highest BCUT2D eigenvalue weighted by Crippen LogP contribution is 2.37. The van der Waals surface area contributed by atoms with Crippen LogP contribution >= 0.6 is 11.6 Å². The SMILES string of the molecule is CCCCOc1nccc2cc(OC3CCCC(CCCO)(NC(=O)OC(C)(C)C)CCC3)c(Cl)cc12. The van der Waals surface area contributed by atoms with Crippen LogP contribution in [0, 0.1) is 0 Å². The largest absolute Gasteiger partial charge is 0.489 e. The maximum atomic E-state index is 12.6. The second kappa shape index (κ2) is 13.5. The van der Waals surface area contributed by atoms with E-state index in [0.29, 0.717) is 29.7 Å². The zero-order chi connectivity index (χ0) is 26.9. The lowest BCUT2D eigenvalue weighted by Gasteiger charge is -2.38. The zero-order valence-corrected chi connectivity index (χ0v) is 23.5. The van der Waals surface area contributed by atoms with E-state index in [1.54, 1.807) is 6.20 Å². The summed E-state index contributed by atoms with van der Waals surface area (Å²) in [6, 6.07) is 5.80. The normalized spacial score (nSPS) is 20.6. The highest BCUT2D eigenvalue weighted by molar-refractivity contribution is 6.33. The van der Waals surface area contributed by atoms with Crippen LogP contribution < -0.4 is 14.8 Å². The van der Waals surface area contributed by atoms with Gasteiger partial charge < -0.3 is 24.6 Å². The van der Waals surface area contributed by atoms with Crippen molar-refractivity contribution in [1.82, 2.24) is 10.3 Å². The summed E-state index contributed by atoms with van der Waals surface area (Å²) < 4.78 is 17.8. The molecule has 1 saturated carbocycles. The molecule has 1 aromatic carbocycles. The number of pyridine rings is 1. The van der Waals surface area contributed by atoms with Crippen molar-refractivity contribution in [2.24, 2.45) is 0 Å². The number of nitrogens with zero attached hydrogens (tertiary/aromatic N) is 1. The van der Waals surface area contributed by atoms with Crippen LogP contribution in [-0.4, -0.2) is 46.6 Å². The molecule has 2 N–H and O–H groups in total. The van der Waals surface area contributed by atoms with Crippen molar-refractivity contribution in [2.75, 3.05) is 13.2 Å². The summed E-state index contributed by atoms with van der Waals surface area (Å²) in [6.45, 7) is 8.45. The molecule has 1 aliphatic rings. The van der Waals surface area contributed by atoms with Gasteiger partial charge in [0.05, 0.1) is 17.7 Å². The van der Waals surface area contributed by atoms with Gasteiger partial charge in [0, 0.05) is 23.7 Å². The number of fused-ring (bicyclic) bond motifs is 1. The van der Waals surface area contributed by atoms with Gasteiger partial charge in [-0.15, -0.1) is 0 Å². The molecule has 8 heteroatoms. The standard InChI is InChI=1S/C29H43ClN2O5/c1-5-6-18-35-26-23-20-24(30)25(19-21(23)12-16-31-26)36-22-10-7-13-29(14-8-11-22,15-9-17-33)32-27(34)37-28(2,3)4/h12,16,19-20,22,33H,5-11,13-15,17-18H2,1-4H3,(H,32,34). The highest BCUT2D eigenvalue weighted by atomic mass is 35.5. The fourth-order valence-corrected chi connectivity index (χ4v) is 5.15. The van der Waals surface area contributed by atoms with Gasteiger partial charge in [-0.2, -0.15) is 0 Å². The maximum Gasteiger partial charge on any atom is 0.408 e. The lowest BCUT2D eigenvalue weighted by atomic mass is 9.80. The number of rotatable bonds is 10. The Morgan fingerprint density at radius 1 is 1.22 bits per heavy atom. The van der Waals surface area contributed by atoms with Gasteiger partial charge in [-0.25, -0.2) is 9.78 Å². The molecule has 0 atom stereocenters. The molecule has 1 fully saturated rings. The zero-order valence-electron chi connectivity index (χ0n) is 22.8. The van der Waals surface area contributed by atoms with Crippen molar-refractivity contribution in [2.45, 2.75) is 109 Å². The van der Waals surface area contributed by atoms with E-state index in [2.05, 4.69) is 17.2 Å². The molecule has 1 heterocycles. The van der Waals surface area contributed by atoms with Gasteiger partial charge in [-0.05, 0) is 102 Å². The maximum absolute atomic E-state index is 12.6. The number of ether oxygens (including phenoxy) is 3. The highest BCUT2D eigenvalue weighted by Gasteiger charge is 2.34. The Morgan fingerprint density at radius 2 is 1.95 bits per heavy atom. The van der Waals surface area contributed by atoms with Crippen LogP contribution in [0.25, 0.3) is 10.8 Å². The van der Waals surface area contributed by atoms with Crippen LogP contribution in [0.1, 0.15) is 91.9 Å². The Morgan fingerprint density at radius 3 is 2.59 bits per heavy atom. The van der Waals surface area contributed by atoms with Crippen LogP contribution in [0.3, 0.4) is 0 Å². The Labute approximate surface area is 226 Å². The number of hydrogen-bond acceptors (Lipinski definition) is 6. The molecule has 0 unspecified atom stereocenters. The van der Waals surface area contributed by atoms with Crippen LogP contribution in [-0.2, 0) is 4.74 Å². The van der Waals surface area contributed by atoms with E-state index in [9.17, 15) is 9.90 Å². The lowest BCUT2D eigenvalue weighted by Crippen LogP contribution is -2.51. The summed E-state index contributed by atoms with van der Waals surface area (Å²) in [5.74, 6) is 1.27. The van der Waals surface area contributed by atoms with Gasteiger partial charge in [0.1, 0.15) is 11.4 Å². The molecule has 1 aliphatic carbocycles. The van der Waals surface area contributed by atoms with Gasteiger partial charge >= 0.3 is 6.09 Å². The molecule has 37 heavy (non-hydrogen) atoms. The minimum Gasteiger partial charge on any atom is -0.489 e. The summed E-state index contributed by atoms with van der Waals surface area (Å²) in [7, 11) is 0. The number of halogens is 1. The number of nitrogens with one attached hydrogen (secondary N) is 1. The minimum absolute atomic E-state index is 0.0365. The molecule has 2 aromatic rings. The Balaban J connectivity index is 1.66. The Bertz CT molecular complexity index is 1010. The molecule has 0 aliphatic heterocycles. The fraction of sp³-hybridized carbons (Fsp3) is 0.655. The molecule has 0 saturated heterocycles. The lowest BCUT2D eigenvalue weighted by molar-refractivity contribution is 0.0405. The molecule has 206 valence electrons. The predicted molar refractivity (Wildman–Crippen MR) is 148 cm³/mol. The Hall–Kier alpha value is -2.25. The van der Waals surface area contributed by atoms with Crippen molar-refractivity contribution in [3.8, 4) is 11.6 Å². The van der Waals surface area contributed by atoms with Crippen LogP contribution in [0.2, 0.25) is 5.02 Å². The van der Waals surface area contributed by atoms with Crippen molar-refractivity contribution in [3.63, 3.8) is 0 Å². The van der Waals surface area contributed by atoms with Crippen LogP contribution in [0.15, 0.2) is 24.4 Å². The number of unbranched alkanes of at least 4 members (excludes halogenated alkanes) is 1.